The molecule has 3 saturated carbocycles. The molecule has 5 unspecified atom stereocenters. The predicted octanol–water partition coefficient (Wildman–Crippen LogP) is 6.42. The molecular formula is C32H34N4O2S. The number of hydrogen-bond acceptors (Lipinski definition) is 5. The van der Waals surface area contributed by atoms with Gasteiger partial charge in [-0.05, 0) is 103 Å². The molecule has 2 N–H and O–H groups in total. The molecule has 2 aliphatic heterocycles. The highest BCUT2D eigenvalue weighted by atomic mass is 32.1. The summed E-state index contributed by atoms with van der Waals surface area (Å²) in [5, 5.41) is 16.4. The van der Waals surface area contributed by atoms with Crippen molar-refractivity contribution in [3.05, 3.63) is 70.4 Å². The molecule has 4 aromatic rings. The Kier molecular flexibility index (Phi) is 5.59. The maximum Gasteiger partial charge on any atom is 0.251 e. The van der Waals surface area contributed by atoms with Crippen LogP contribution in [0.4, 0.5) is 0 Å². The zero-order valence-electron chi connectivity index (χ0n) is 22.2. The molecule has 9 rings (SSSR count). The molecule has 39 heavy (non-hydrogen) atoms. The van der Waals surface area contributed by atoms with Gasteiger partial charge >= 0.3 is 0 Å². The van der Waals surface area contributed by atoms with Crippen molar-refractivity contribution >= 4 is 28.1 Å². The van der Waals surface area contributed by atoms with Crippen molar-refractivity contribution in [2.75, 3.05) is 7.05 Å². The molecule has 5 fully saturated rings. The Morgan fingerprint density at radius 2 is 1.95 bits per heavy atom. The second kappa shape index (κ2) is 9.20. The number of nitrogens with zero attached hydrogens (tertiary/aromatic N) is 2. The van der Waals surface area contributed by atoms with Crippen molar-refractivity contribution in [1.82, 2.24) is 20.4 Å². The molecule has 4 heterocycles. The average Bonchev–Trinajstić information content (AvgIpc) is 3.77. The largest absolute Gasteiger partial charge is 0.490 e. The molecule has 5 aliphatic rings. The summed E-state index contributed by atoms with van der Waals surface area (Å²) < 4.78 is 6.47. The SMILES string of the molecule is CN1C2CC(Oc3ccc(-c4n[nH]c5ccc(C(=O)N[C@H](c6ccsc6)C6CCCC6)cc45)cc3)C3C2CC31. The number of piperidine rings is 1. The van der Waals surface area contributed by atoms with E-state index < -0.39 is 0 Å². The summed E-state index contributed by atoms with van der Waals surface area (Å²) in [4.78, 5) is 16.0. The van der Waals surface area contributed by atoms with Crippen LogP contribution in [0.15, 0.2) is 59.3 Å². The zero-order valence-corrected chi connectivity index (χ0v) is 23.0. The number of rotatable bonds is 7. The molecule has 6 atom stereocenters. The Balaban J connectivity index is 1.01. The van der Waals surface area contributed by atoms with Gasteiger partial charge in [0.25, 0.3) is 5.91 Å². The molecule has 2 aromatic heterocycles. The standard InChI is InChI=1S/C32H34N4O2S/c1-36-26-16-28(29-24(26)15-27(29)36)38-22-9-6-19(7-10-22)31-23-14-20(8-11-25(23)34-35-31)32(37)33-30(18-4-2-3-5-18)21-12-13-39-17-21/h6-14,17-18,24,26-30H,2-5,15-16H2,1H3,(H,33,37)(H,34,35)/t24?,26?,27?,28?,29?,30-/m0/s1. The van der Waals surface area contributed by atoms with E-state index in [0.717, 1.165) is 46.3 Å². The summed E-state index contributed by atoms with van der Waals surface area (Å²) in [7, 11) is 2.28. The number of aromatic amines is 1. The normalized spacial score (nSPS) is 28.6. The maximum atomic E-state index is 13.5. The number of benzene rings is 2. The van der Waals surface area contributed by atoms with E-state index in [4.69, 9.17) is 4.74 Å². The van der Waals surface area contributed by atoms with Gasteiger partial charge in [0.1, 0.15) is 11.9 Å². The lowest BCUT2D eigenvalue weighted by molar-refractivity contribution is 0.0300. The van der Waals surface area contributed by atoms with Crippen molar-refractivity contribution in [2.45, 2.75) is 62.8 Å². The fraction of sp³-hybridized carbons (Fsp3) is 0.438. The Hall–Kier alpha value is -3.16. The van der Waals surface area contributed by atoms with Crippen LogP contribution in [0.2, 0.25) is 0 Å². The molecule has 2 saturated heterocycles. The van der Waals surface area contributed by atoms with E-state index in [0.29, 0.717) is 29.5 Å². The van der Waals surface area contributed by atoms with E-state index in [1.807, 2.05) is 18.2 Å². The molecule has 2 aromatic carbocycles. The highest BCUT2D eigenvalue weighted by molar-refractivity contribution is 7.08. The number of aromatic nitrogens is 2. The van der Waals surface area contributed by atoms with Crippen LogP contribution < -0.4 is 10.1 Å². The van der Waals surface area contributed by atoms with Gasteiger partial charge in [0.2, 0.25) is 0 Å². The van der Waals surface area contributed by atoms with Gasteiger partial charge < -0.3 is 10.1 Å². The van der Waals surface area contributed by atoms with Crippen LogP contribution in [-0.4, -0.2) is 46.2 Å². The Morgan fingerprint density at radius 3 is 2.69 bits per heavy atom. The minimum absolute atomic E-state index is 0.0227. The first kappa shape index (κ1) is 23.7. The Bertz CT molecular complexity index is 1500. The van der Waals surface area contributed by atoms with Crippen LogP contribution in [0.5, 0.6) is 5.75 Å². The van der Waals surface area contributed by atoms with Crippen molar-refractivity contribution < 1.29 is 9.53 Å². The van der Waals surface area contributed by atoms with Crippen LogP contribution in [0, 0.1) is 17.8 Å². The highest BCUT2D eigenvalue weighted by Gasteiger charge is 2.65. The van der Waals surface area contributed by atoms with Crippen molar-refractivity contribution in [3.8, 4) is 17.0 Å². The van der Waals surface area contributed by atoms with Crippen LogP contribution in [0.1, 0.15) is 60.5 Å². The van der Waals surface area contributed by atoms with Crippen LogP contribution >= 0.6 is 11.3 Å². The number of ether oxygens (including phenoxy) is 1. The molecule has 1 amide bonds. The highest BCUT2D eigenvalue weighted by Crippen LogP contribution is 2.59. The fourth-order valence-electron chi connectivity index (χ4n) is 8.15. The number of H-pyrrole nitrogens is 1. The number of carbonyl (C=O) groups is 1. The average molecular weight is 539 g/mol. The molecule has 6 nitrogen and oxygen atoms in total. The summed E-state index contributed by atoms with van der Waals surface area (Å²) in [6.45, 7) is 0. The zero-order chi connectivity index (χ0) is 26.1. The molecule has 0 radical (unpaired) electrons. The molecule has 4 bridgehead atoms. The third-order valence-electron chi connectivity index (χ3n) is 10.2. The fourth-order valence-corrected chi connectivity index (χ4v) is 8.85. The molecule has 200 valence electrons. The van der Waals surface area contributed by atoms with Crippen LogP contribution in [-0.2, 0) is 0 Å². The number of nitrogens with one attached hydrogen (secondary N) is 2. The van der Waals surface area contributed by atoms with Crippen molar-refractivity contribution in [3.63, 3.8) is 0 Å². The van der Waals surface area contributed by atoms with Gasteiger partial charge in [-0.1, -0.05) is 12.8 Å². The van der Waals surface area contributed by atoms with Crippen LogP contribution in [0.3, 0.4) is 0 Å². The van der Waals surface area contributed by atoms with Gasteiger partial charge in [-0.25, -0.2) is 0 Å². The Labute approximate surface area is 232 Å². The molecule has 0 spiro atoms. The third kappa shape index (κ3) is 3.85. The summed E-state index contributed by atoms with van der Waals surface area (Å²) in [6, 6.07) is 17.8. The van der Waals surface area contributed by atoms with E-state index in [9.17, 15) is 4.79 Å². The third-order valence-corrected chi connectivity index (χ3v) is 10.9. The van der Waals surface area contributed by atoms with E-state index >= 15 is 0 Å². The summed E-state index contributed by atoms with van der Waals surface area (Å²) in [5.74, 6) is 2.95. The smallest absolute Gasteiger partial charge is 0.251 e. The number of thiophene rings is 1. The second-order valence-corrected chi connectivity index (χ2v) is 12.9. The van der Waals surface area contributed by atoms with Crippen molar-refractivity contribution in [2.24, 2.45) is 17.8 Å². The lowest BCUT2D eigenvalue weighted by atomic mass is 9.74. The minimum Gasteiger partial charge on any atom is -0.490 e. The summed E-state index contributed by atoms with van der Waals surface area (Å²) in [5.41, 5.74) is 4.70. The lowest BCUT2D eigenvalue weighted by Gasteiger charge is -2.40. The first-order chi connectivity index (χ1) is 19.1. The van der Waals surface area contributed by atoms with Gasteiger partial charge in [0.15, 0.2) is 0 Å². The predicted molar refractivity (Wildman–Crippen MR) is 154 cm³/mol. The molecule has 3 aliphatic carbocycles. The number of amides is 1. The van der Waals surface area contributed by atoms with E-state index in [1.54, 1.807) is 11.3 Å². The molecular weight excluding hydrogens is 504 g/mol. The Morgan fingerprint density at radius 1 is 1.10 bits per heavy atom. The van der Waals surface area contributed by atoms with E-state index in [2.05, 4.69) is 68.6 Å². The minimum atomic E-state index is -0.0227. The van der Waals surface area contributed by atoms with Gasteiger partial charge in [-0.3, -0.25) is 14.8 Å². The van der Waals surface area contributed by atoms with Crippen LogP contribution in [0.25, 0.3) is 22.2 Å². The van der Waals surface area contributed by atoms with Gasteiger partial charge in [-0.2, -0.15) is 16.4 Å². The quantitative estimate of drug-likeness (QED) is 0.285. The van der Waals surface area contributed by atoms with E-state index in [1.165, 1.54) is 37.7 Å². The van der Waals surface area contributed by atoms with E-state index in [-0.39, 0.29) is 11.9 Å². The number of hydrogen-bond donors (Lipinski definition) is 2. The first-order valence-electron chi connectivity index (χ1n) is 14.4. The topological polar surface area (TPSA) is 70.2 Å². The van der Waals surface area contributed by atoms with Crippen molar-refractivity contribution in [1.29, 1.82) is 0 Å². The second-order valence-electron chi connectivity index (χ2n) is 12.1. The number of fused-ring (bicyclic) bond motifs is 1. The lowest BCUT2D eigenvalue weighted by Crippen LogP contribution is -2.47. The number of carbonyl (C=O) groups excluding carboxylic acids is 1. The summed E-state index contributed by atoms with van der Waals surface area (Å²) in [6.07, 6.45) is 7.68. The van der Waals surface area contributed by atoms with Gasteiger partial charge in [-0.15, -0.1) is 0 Å². The maximum absolute atomic E-state index is 13.5. The van der Waals surface area contributed by atoms with Gasteiger partial charge in [0, 0.05) is 40.9 Å². The summed E-state index contributed by atoms with van der Waals surface area (Å²) >= 11 is 1.69. The van der Waals surface area contributed by atoms with Gasteiger partial charge in [0.05, 0.1) is 17.3 Å². The molecule has 7 heteroatoms. The monoisotopic (exact) mass is 538 g/mol. The first-order valence-corrected chi connectivity index (χ1v) is 15.4.